The van der Waals surface area contributed by atoms with Gasteiger partial charge in [-0.05, 0) is 103 Å². The fraction of sp³-hybridized carbons (Fsp3) is 0.308. The molecule has 4 aromatic carbocycles. The molecule has 12 heteroatoms. The number of nitrogens with zero attached hydrogens (tertiary/aromatic N) is 3. The fourth-order valence-corrected chi connectivity index (χ4v) is 6.85. The van der Waals surface area contributed by atoms with E-state index >= 15 is 0 Å². The zero-order chi connectivity index (χ0) is 35.5. The van der Waals surface area contributed by atoms with Crippen molar-refractivity contribution in [2.75, 3.05) is 69.0 Å². The van der Waals surface area contributed by atoms with Crippen molar-refractivity contribution in [1.82, 2.24) is 20.4 Å². The SMILES string of the molecule is CNC(=O)c1ccc(-c2cc3[nH]nc(NC(=O)c4ccc(N5CCN(C)CC5)cc4NC4CCOCC4)c3cc2Cc2cc(F)cc(F)c2)cc1. The molecule has 1 aromatic heterocycles. The molecule has 10 nitrogen and oxygen atoms in total. The quantitative estimate of drug-likeness (QED) is 0.149. The van der Waals surface area contributed by atoms with Crippen molar-refractivity contribution < 1.29 is 23.1 Å². The van der Waals surface area contributed by atoms with Crippen molar-refractivity contribution in [3.63, 3.8) is 0 Å². The number of hydrogen-bond acceptors (Lipinski definition) is 7. The number of carbonyl (C=O) groups is 2. The molecule has 264 valence electrons. The molecule has 0 unspecified atom stereocenters. The number of fused-ring (bicyclic) bond motifs is 1. The van der Waals surface area contributed by atoms with Crippen molar-refractivity contribution in [3.05, 3.63) is 107 Å². The Morgan fingerprint density at radius 1 is 0.902 bits per heavy atom. The van der Waals surface area contributed by atoms with Crippen LogP contribution in [-0.2, 0) is 11.2 Å². The summed E-state index contributed by atoms with van der Waals surface area (Å²) in [6, 6.07) is 20.5. The van der Waals surface area contributed by atoms with Gasteiger partial charge in [-0.1, -0.05) is 12.1 Å². The minimum atomic E-state index is -0.664. The lowest BCUT2D eigenvalue weighted by Gasteiger charge is -2.34. The van der Waals surface area contributed by atoms with Crippen LogP contribution in [0.5, 0.6) is 0 Å². The van der Waals surface area contributed by atoms with Crippen molar-refractivity contribution in [3.8, 4) is 11.1 Å². The van der Waals surface area contributed by atoms with E-state index in [4.69, 9.17) is 4.74 Å². The highest BCUT2D eigenvalue weighted by Gasteiger charge is 2.23. The van der Waals surface area contributed by atoms with Crippen LogP contribution in [0.2, 0.25) is 0 Å². The largest absolute Gasteiger partial charge is 0.381 e. The Balaban J connectivity index is 1.23. The standard InChI is InChI=1S/C39H41F2N7O3/c1-42-38(49)26-5-3-25(4-6-26)33-23-36-34(20-27(33)17-24-18-28(40)21-29(41)19-24)37(46-45-36)44-39(50)32-8-7-31(48-13-11-47(2)12-14-48)22-35(32)43-30-9-15-51-16-10-30/h3-8,18-23,30,43H,9-17H2,1-2H3,(H,42,49)(H2,44,45,46,50). The third-order valence-corrected chi connectivity index (χ3v) is 9.72. The highest BCUT2D eigenvalue weighted by Crippen LogP contribution is 2.34. The topological polar surface area (TPSA) is 115 Å². The van der Waals surface area contributed by atoms with Gasteiger partial charge in [0.05, 0.1) is 11.1 Å². The number of carbonyl (C=O) groups excluding carboxylic acids is 2. The number of anilines is 3. The van der Waals surface area contributed by atoms with Gasteiger partial charge in [-0.25, -0.2) is 8.78 Å². The van der Waals surface area contributed by atoms with Gasteiger partial charge in [-0.2, -0.15) is 5.10 Å². The maximum atomic E-state index is 14.3. The van der Waals surface area contributed by atoms with E-state index in [2.05, 4.69) is 49.1 Å². The lowest BCUT2D eigenvalue weighted by atomic mass is 9.92. The van der Waals surface area contributed by atoms with Gasteiger partial charge >= 0.3 is 0 Å². The van der Waals surface area contributed by atoms with E-state index in [9.17, 15) is 18.4 Å². The van der Waals surface area contributed by atoms with Crippen molar-refractivity contribution >= 4 is 39.9 Å². The predicted molar refractivity (Wildman–Crippen MR) is 196 cm³/mol. The highest BCUT2D eigenvalue weighted by atomic mass is 19.1. The smallest absolute Gasteiger partial charge is 0.258 e. The molecule has 4 N–H and O–H groups in total. The first-order chi connectivity index (χ1) is 24.7. The molecule has 2 fully saturated rings. The molecule has 2 saturated heterocycles. The van der Waals surface area contributed by atoms with Crippen LogP contribution >= 0.6 is 0 Å². The second kappa shape index (κ2) is 14.9. The van der Waals surface area contributed by atoms with E-state index in [1.54, 1.807) is 19.2 Å². The number of nitrogens with one attached hydrogen (secondary N) is 4. The lowest BCUT2D eigenvalue weighted by molar-refractivity contribution is 0.0904. The van der Waals surface area contributed by atoms with E-state index in [1.807, 2.05) is 36.4 Å². The monoisotopic (exact) mass is 693 g/mol. The van der Waals surface area contributed by atoms with Crippen molar-refractivity contribution in [1.29, 1.82) is 0 Å². The Morgan fingerprint density at radius 3 is 2.33 bits per heavy atom. The molecule has 3 heterocycles. The molecule has 5 aromatic rings. The second-order valence-corrected chi connectivity index (χ2v) is 13.2. The number of amides is 2. The third-order valence-electron chi connectivity index (χ3n) is 9.72. The van der Waals surface area contributed by atoms with Gasteiger partial charge in [0.2, 0.25) is 0 Å². The fourth-order valence-electron chi connectivity index (χ4n) is 6.85. The molecule has 0 atom stereocenters. The highest BCUT2D eigenvalue weighted by molar-refractivity contribution is 6.11. The molecule has 0 spiro atoms. The van der Waals surface area contributed by atoms with E-state index in [-0.39, 0.29) is 24.3 Å². The number of H-pyrrole nitrogens is 1. The van der Waals surface area contributed by atoms with Crippen LogP contribution in [-0.4, -0.2) is 86.4 Å². The molecular formula is C39H41F2N7O3. The molecule has 51 heavy (non-hydrogen) atoms. The van der Waals surface area contributed by atoms with Gasteiger partial charge in [0.15, 0.2) is 5.82 Å². The first-order valence-electron chi connectivity index (χ1n) is 17.3. The summed E-state index contributed by atoms with van der Waals surface area (Å²) < 4.78 is 34.1. The number of rotatable bonds is 9. The lowest BCUT2D eigenvalue weighted by Crippen LogP contribution is -2.44. The average molecular weight is 694 g/mol. The van der Waals surface area contributed by atoms with Crippen LogP contribution in [0.25, 0.3) is 22.0 Å². The van der Waals surface area contributed by atoms with Crippen LogP contribution in [0.15, 0.2) is 72.8 Å². The summed E-state index contributed by atoms with van der Waals surface area (Å²) in [5, 5.41) is 17.5. The summed E-state index contributed by atoms with van der Waals surface area (Å²) in [5.41, 5.74) is 6.30. The molecule has 2 aliphatic rings. The zero-order valence-electron chi connectivity index (χ0n) is 28.7. The summed E-state index contributed by atoms with van der Waals surface area (Å²) >= 11 is 0. The van der Waals surface area contributed by atoms with Gasteiger partial charge < -0.3 is 30.5 Å². The Hall–Kier alpha value is -5.33. The molecule has 0 bridgehead atoms. The third kappa shape index (κ3) is 7.72. The average Bonchev–Trinajstić information content (AvgIpc) is 3.52. The number of benzene rings is 4. The zero-order valence-corrected chi connectivity index (χ0v) is 28.7. The maximum absolute atomic E-state index is 14.3. The number of aromatic amines is 1. The molecular weight excluding hydrogens is 652 g/mol. The molecule has 0 aliphatic carbocycles. The number of ether oxygens (including phenoxy) is 1. The summed E-state index contributed by atoms with van der Waals surface area (Å²) in [5.74, 6) is -1.51. The Kier molecular flexibility index (Phi) is 9.96. The summed E-state index contributed by atoms with van der Waals surface area (Å²) in [6.45, 7) is 5.08. The number of hydrogen-bond donors (Lipinski definition) is 4. The van der Waals surface area contributed by atoms with Gasteiger partial charge in [-0.3, -0.25) is 14.7 Å². The van der Waals surface area contributed by atoms with Crippen LogP contribution in [0.4, 0.5) is 26.0 Å². The number of likely N-dealkylation sites (N-methyl/N-ethyl adjacent to an activating group) is 1. The molecule has 2 aliphatic heterocycles. The van der Waals surface area contributed by atoms with Crippen molar-refractivity contribution in [2.24, 2.45) is 0 Å². The molecule has 2 amide bonds. The molecule has 0 radical (unpaired) electrons. The summed E-state index contributed by atoms with van der Waals surface area (Å²) in [4.78, 5) is 30.9. The predicted octanol–water partition coefficient (Wildman–Crippen LogP) is 6.05. The first kappa shape index (κ1) is 34.1. The number of halogens is 2. The molecule has 7 rings (SSSR count). The summed E-state index contributed by atoms with van der Waals surface area (Å²) in [6.07, 6.45) is 1.90. The van der Waals surface area contributed by atoms with Crippen LogP contribution < -0.4 is 20.9 Å². The number of piperazine rings is 1. The summed E-state index contributed by atoms with van der Waals surface area (Å²) in [7, 11) is 3.70. The number of aromatic nitrogens is 2. The van der Waals surface area contributed by atoms with E-state index in [0.717, 1.165) is 73.2 Å². The van der Waals surface area contributed by atoms with Gasteiger partial charge in [0.25, 0.3) is 11.8 Å². The Labute approximate surface area is 295 Å². The Bertz CT molecular complexity index is 2030. The maximum Gasteiger partial charge on any atom is 0.258 e. The second-order valence-electron chi connectivity index (χ2n) is 13.2. The van der Waals surface area contributed by atoms with Crippen LogP contribution in [0.1, 0.15) is 44.7 Å². The van der Waals surface area contributed by atoms with E-state index in [1.165, 1.54) is 12.1 Å². The van der Waals surface area contributed by atoms with Crippen LogP contribution in [0.3, 0.4) is 0 Å². The van der Waals surface area contributed by atoms with Crippen molar-refractivity contribution in [2.45, 2.75) is 25.3 Å². The van der Waals surface area contributed by atoms with Gasteiger partial charge in [0, 0.05) is 80.9 Å². The molecule has 0 saturated carbocycles. The van der Waals surface area contributed by atoms with E-state index in [0.29, 0.717) is 46.6 Å². The Morgan fingerprint density at radius 2 is 1.63 bits per heavy atom. The first-order valence-corrected chi connectivity index (χ1v) is 17.3. The minimum Gasteiger partial charge on any atom is -0.381 e. The van der Waals surface area contributed by atoms with Gasteiger partial charge in [-0.15, -0.1) is 0 Å². The van der Waals surface area contributed by atoms with Gasteiger partial charge in [0.1, 0.15) is 11.6 Å². The van der Waals surface area contributed by atoms with Crippen LogP contribution in [0, 0.1) is 11.6 Å². The van der Waals surface area contributed by atoms with E-state index < -0.39 is 11.6 Å². The normalized spacial score (nSPS) is 15.6. The minimum absolute atomic E-state index is 0.179.